The van der Waals surface area contributed by atoms with Crippen LogP contribution in [-0.2, 0) is 0 Å². The van der Waals surface area contributed by atoms with E-state index in [1.54, 1.807) is 0 Å². The Kier molecular flexibility index (Phi) is 5.67. The molecule has 208 valence electrons. The second kappa shape index (κ2) is 10.00. The molecule has 6 aromatic carbocycles. The molecule has 0 bridgehead atoms. The van der Waals surface area contributed by atoms with E-state index in [2.05, 4.69) is 146 Å². The minimum absolute atomic E-state index is 0.795. The Morgan fingerprint density at radius 3 is 1.50 bits per heavy atom. The molecule has 2 aromatic heterocycles. The normalized spacial score (nSPS) is 13.3. The fourth-order valence-corrected chi connectivity index (χ4v) is 6.64. The van der Waals surface area contributed by atoms with Crippen LogP contribution in [0.5, 0.6) is 0 Å². The summed E-state index contributed by atoms with van der Waals surface area (Å²) in [5, 5.41) is 4.32. The van der Waals surface area contributed by atoms with Gasteiger partial charge >= 0.3 is 0 Å². The zero-order valence-electron chi connectivity index (χ0n) is 24.1. The van der Waals surface area contributed by atoms with Crippen molar-refractivity contribution in [3.05, 3.63) is 151 Å². The Morgan fingerprint density at radius 1 is 0.386 bits per heavy atom. The lowest BCUT2D eigenvalue weighted by atomic mass is 9.95. The van der Waals surface area contributed by atoms with Gasteiger partial charge in [0.1, 0.15) is 11.2 Å². The summed E-state index contributed by atoms with van der Waals surface area (Å²) >= 11 is 0. The van der Waals surface area contributed by atoms with Crippen LogP contribution in [0.3, 0.4) is 0 Å². The van der Waals surface area contributed by atoms with Gasteiger partial charge in [0, 0.05) is 21.5 Å². The maximum atomic E-state index is 6.47. The molecule has 0 spiro atoms. The highest BCUT2D eigenvalue weighted by Gasteiger charge is 2.17. The molecule has 1 aliphatic rings. The lowest BCUT2D eigenvalue weighted by Gasteiger charge is -2.09. The standard InChI is InChI=1S/C42H28O2/c1-3-9-27(10-4-1)29-13-7-15-31(23-29)33-17-21-39-37(25-33)35-19-20-36-38-26-34(18-22-40(38)44-42(36)41(35)43-39)32-16-8-14-30(24-32)28-11-5-2-6-12-28/h1,3-5,7-26H,2,6H2. The fraction of sp³-hybridized carbons (Fsp3) is 0.0476. The van der Waals surface area contributed by atoms with Crippen molar-refractivity contribution in [1.29, 1.82) is 0 Å². The second-order valence-electron chi connectivity index (χ2n) is 11.6. The first kappa shape index (κ1) is 24.9. The molecule has 0 saturated carbocycles. The molecule has 0 unspecified atom stereocenters. The quantitative estimate of drug-likeness (QED) is 0.212. The van der Waals surface area contributed by atoms with Gasteiger partial charge in [-0.1, -0.05) is 97.1 Å². The van der Waals surface area contributed by atoms with Gasteiger partial charge in [-0.15, -0.1) is 0 Å². The highest BCUT2D eigenvalue weighted by Crippen LogP contribution is 2.41. The first-order valence-corrected chi connectivity index (χ1v) is 15.2. The summed E-state index contributed by atoms with van der Waals surface area (Å²) in [5.41, 5.74) is 13.0. The summed E-state index contributed by atoms with van der Waals surface area (Å²) in [6.07, 6.45) is 9.04. The van der Waals surface area contributed by atoms with Crippen LogP contribution < -0.4 is 0 Å². The lowest BCUT2D eigenvalue weighted by molar-refractivity contribution is 0.633. The van der Waals surface area contributed by atoms with Gasteiger partial charge in [-0.2, -0.15) is 0 Å². The van der Waals surface area contributed by atoms with E-state index in [0.717, 1.165) is 62.3 Å². The summed E-state index contributed by atoms with van der Waals surface area (Å²) in [6, 6.07) is 45.4. The number of hydrogen-bond donors (Lipinski definition) is 0. The number of benzene rings is 6. The van der Waals surface area contributed by atoms with Crippen LogP contribution in [-0.4, -0.2) is 0 Å². The molecular weight excluding hydrogens is 536 g/mol. The molecule has 1 aliphatic carbocycles. The predicted octanol–water partition coefficient (Wildman–Crippen LogP) is 12.2. The van der Waals surface area contributed by atoms with Gasteiger partial charge in [-0.05, 0) is 106 Å². The van der Waals surface area contributed by atoms with Crippen LogP contribution in [0.2, 0.25) is 0 Å². The topological polar surface area (TPSA) is 26.3 Å². The van der Waals surface area contributed by atoms with Crippen LogP contribution in [0.15, 0.2) is 154 Å². The van der Waals surface area contributed by atoms with E-state index in [0.29, 0.717) is 0 Å². The van der Waals surface area contributed by atoms with E-state index >= 15 is 0 Å². The van der Waals surface area contributed by atoms with Gasteiger partial charge in [0.2, 0.25) is 0 Å². The van der Waals surface area contributed by atoms with Gasteiger partial charge in [-0.25, -0.2) is 0 Å². The SMILES string of the molecule is C1=CC(c2cccc(-c3ccc4oc5c(ccc6c7cc(-c8cccc(-c9ccccc9)c8)ccc7oc65)c4c3)c2)=CCC1. The molecular formula is C42H28O2. The molecule has 0 fully saturated rings. The van der Waals surface area contributed by atoms with E-state index in [1.807, 2.05) is 0 Å². The predicted molar refractivity (Wildman–Crippen MR) is 184 cm³/mol. The summed E-state index contributed by atoms with van der Waals surface area (Å²) in [7, 11) is 0. The lowest BCUT2D eigenvalue weighted by Crippen LogP contribution is -1.87. The van der Waals surface area contributed by atoms with E-state index in [4.69, 9.17) is 8.83 Å². The minimum atomic E-state index is 0.795. The third kappa shape index (κ3) is 4.11. The van der Waals surface area contributed by atoms with Crippen molar-refractivity contribution in [2.24, 2.45) is 0 Å². The molecule has 0 N–H and O–H groups in total. The molecule has 0 aliphatic heterocycles. The van der Waals surface area contributed by atoms with Gasteiger partial charge < -0.3 is 8.83 Å². The van der Waals surface area contributed by atoms with Crippen molar-refractivity contribution in [3.8, 4) is 33.4 Å². The Hall–Kier alpha value is -5.60. The number of furan rings is 2. The number of rotatable bonds is 4. The average Bonchev–Trinajstić information content (AvgIpc) is 3.67. The molecule has 2 heterocycles. The number of fused-ring (bicyclic) bond motifs is 7. The van der Waals surface area contributed by atoms with Gasteiger partial charge in [0.05, 0.1) is 0 Å². The molecule has 2 nitrogen and oxygen atoms in total. The zero-order valence-corrected chi connectivity index (χ0v) is 24.1. The Balaban J connectivity index is 1.14. The van der Waals surface area contributed by atoms with Gasteiger partial charge in [0.25, 0.3) is 0 Å². The van der Waals surface area contributed by atoms with E-state index in [1.165, 1.54) is 39.0 Å². The number of allylic oxidation sites excluding steroid dienone is 4. The molecule has 0 radical (unpaired) electrons. The maximum absolute atomic E-state index is 6.47. The van der Waals surface area contributed by atoms with Crippen molar-refractivity contribution in [2.75, 3.05) is 0 Å². The van der Waals surface area contributed by atoms with E-state index in [-0.39, 0.29) is 0 Å². The Labute approximate surface area is 255 Å². The molecule has 0 amide bonds. The highest BCUT2D eigenvalue weighted by atomic mass is 16.4. The largest absolute Gasteiger partial charge is 0.452 e. The molecule has 9 rings (SSSR count). The van der Waals surface area contributed by atoms with Gasteiger partial charge in [0.15, 0.2) is 11.2 Å². The first-order valence-electron chi connectivity index (χ1n) is 15.2. The summed E-state index contributed by atoms with van der Waals surface area (Å²) in [6.45, 7) is 0. The highest BCUT2D eigenvalue weighted by molar-refractivity contribution is 6.19. The summed E-state index contributed by atoms with van der Waals surface area (Å²) in [4.78, 5) is 0. The van der Waals surface area contributed by atoms with Crippen molar-refractivity contribution < 1.29 is 8.83 Å². The molecule has 8 aromatic rings. The Bertz CT molecular complexity index is 2430. The van der Waals surface area contributed by atoms with Crippen molar-refractivity contribution >= 4 is 49.5 Å². The minimum Gasteiger partial charge on any atom is -0.452 e. The monoisotopic (exact) mass is 564 g/mol. The van der Waals surface area contributed by atoms with Crippen LogP contribution in [0.4, 0.5) is 0 Å². The first-order chi connectivity index (χ1) is 21.8. The fourth-order valence-electron chi connectivity index (χ4n) is 6.64. The van der Waals surface area contributed by atoms with Crippen molar-refractivity contribution in [2.45, 2.75) is 12.8 Å². The third-order valence-corrected chi connectivity index (χ3v) is 8.90. The number of hydrogen-bond acceptors (Lipinski definition) is 2. The summed E-state index contributed by atoms with van der Waals surface area (Å²) in [5.74, 6) is 0. The van der Waals surface area contributed by atoms with Crippen LogP contribution in [0, 0.1) is 0 Å². The van der Waals surface area contributed by atoms with Crippen molar-refractivity contribution in [3.63, 3.8) is 0 Å². The molecule has 0 saturated heterocycles. The third-order valence-electron chi connectivity index (χ3n) is 8.90. The maximum Gasteiger partial charge on any atom is 0.178 e. The molecule has 2 heteroatoms. The summed E-state index contributed by atoms with van der Waals surface area (Å²) < 4.78 is 12.9. The van der Waals surface area contributed by atoms with Crippen LogP contribution in [0.25, 0.3) is 82.8 Å². The van der Waals surface area contributed by atoms with E-state index < -0.39 is 0 Å². The second-order valence-corrected chi connectivity index (χ2v) is 11.6. The Morgan fingerprint density at radius 2 is 0.909 bits per heavy atom. The van der Waals surface area contributed by atoms with Gasteiger partial charge in [-0.3, -0.25) is 0 Å². The van der Waals surface area contributed by atoms with E-state index in [9.17, 15) is 0 Å². The van der Waals surface area contributed by atoms with Crippen LogP contribution >= 0.6 is 0 Å². The van der Waals surface area contributed by atoms with Crippen LogP contribution in [0.1, 0.15) is 18.4 Å². The smallest absolute Gasteiger partial charge is 0.178 e. The van der Waals surface area contributed by atoms with Crippen molar-refractivity contribution in [1.82, 2.24) is 0 Å². The average molecular weight is 565 g/mol. The molecule has 44 heavy (non-hydrogen) atoms. The zero-order chi connectivity index (χ0) is 29.0. The molecule has 0 atom stereocenters.